The molecule has 2 aromatic rings. The maximum absolute atomic E-state index is 13.2. The number of hydrogen-bond donors (Lipinski definition) is 1. The molecular weight excluding hydrogens is 418 g/mol. The number of amides is 1. The van der Waals surface area contributed by atoms with Crippen molar-refractivity contribution >= 4 is 27.0 Å². The highest BCUT2D eigenvalue weighted by Gasteiger charge is 2.34. The summed E-state index contributed by atoms with van der Waals surface area (Å²) in [6.45, 7) is 0.560. The first-order valence-corrected chi connectivity index (χ1v) is 12.7. The summed E-state index contributed by atoms with van der Waals surface area (Å²) in [4.78, 5) is 24.7. The van der Waals surface area contributed by atoms with Gasteiger partial charge in [0.15, 0.2) is 5.58 Å². The zero-order valence-corrected chi connectivity index (χ0v) is 18.8. The van der Waals surface area contributed by atoms with Crippen LogP contribution in [0.1, 0.15) is 57.8 Å². The van der Waals surface area contributed by atoms with Crippen LogP contribution < -0.4 is 11.1 Å². The Hall–Kier alpha value is -2.13. The predicted octanol–water partition coefficient (Wildman–Crippen LogP) is 2.76. The minimum Gasteiger partial charge on any atom is -0.408 e. The first-order chi connectivity index (χ1) is 14.9. The Morgan fingerprint density at radius 3 is 2.52 bits per heavy atom. The molecule has 1 atom stereocenters. The second kappa shape index (κ2) is 9.16. The lowest BCUT2D eigenvalue weighted by Crippen LogP contribution is -2.47. The molecule has 170 valence electrons. The molecule has 4 rings (SSSR count). The van der Waals surface area contributed by atoms with Crippen LogP contribution in [-0.4, -0.2) is 42.3 Å². The zero-order valence-electron chi connectivity index (χ0n) is 18.0. The molecule has 0 bridgehead atoms. The van der Waals surface area contributed by atoms with Gasteiger partial charge in [0.05, 0.1) is 16.3 Å². The third-order valence-electron chi connectivity index (χ3n) is 6.61. The van der Waals surface area contributed by atoms with Gasteiger partial charge in [-0.25, -0.2) is 13.2 Å². The Morgan fingerprint density at radius 2 is 1.77 bits per heavy atom. The van der Waals surface area contributed by atoms with Crippen LogP contribution in [-0.2, 0) is 21.9 Å². The van der Waals surface area contributed by atoms with E-state index in [4.69, 9.17) is 4.42 Å². The first-order valence-electron chi connectivity index (χ1n) is 11.3. The molecular formula is C22H31N3O5S. The number of fused-ring (bicyclic) bond motifs is 1. The van der Waals surface area contributed by atoms with E-state index in [0.29, 0.717) is 24.9 Å². The average molecular weight is 450 g/mol. The number of nitrogens with zero attached hydrogens (tertiary/aromatic N) is 2. The molecule has 8 nitrogen and oxygen atoms in total. The van der Waals surface area contributed by atoms with Gasteiger partial charge < -0.3 is 9.73 Å². The van der Waals surface area contributed by atoms with Gasteiger partial charge >= 0.3 is 5.76 Å². The molecule has 1 aliphatic heterocycles. The Labute approximate surface area is 182 Å². The number of rotatable bonds is 4. The number of sulfonamides is 1. The molecule has 1 amide bonds. The largest absolute Gasteiger partial charge is 0.419 e. The lowest BCUT2D eigenvalue weighted by atomic mass is 9.94. The molecule has 31 heavy (non-hydrogen) atoms. The molecule has 1 aliphatic carbocycles. The Balaban J connectivity index is 1.46. The number of piperidine rings is 1. The fourth-order valence-electron chi connectivity index (χ4n) is 4.72. The number of nitrogens with one attached hydrogen (secondary N) is 1. The third-order valence-corrected chi connectivity index (χ3v) is 8.47. The van der Waals surface area contributed by atoms with E-state index in [0.717, 1.165) is 25.7 Å². The second-order valence-corrected chi connectivity index (χ2v) is 10.7. The Kier molecular flexibility index (Phi) is 6.52. The maximum Gasteiger partial charge on any atom is 0.419 e. The van der Waals surface area contributed by atoms with Crippen LogP contribution in [0.4, 0.5) is 0 Å². The van der Waals surface area contributed by atoms with Crippen LogP contribution in [0.5, 0.6) is 0 Å². The normalized spacial score (nSPS) is 22.2. The molecule has 0 unspecified atom stereocenters. The third kappa shape index (κ3) is 4.72. The van der Waals surface area contributed by atoms with Gasteiger partial charge in [0.2, 0.25) is 15.9 Å². The van der Waals surface area contributed by atoms with E-state index in [1.165, 1.54) is 40.3 Å². The fourth-order valence-corrected chi connectivity index (χ4v) is 6.26. The summed E-state index contributed by atoms with van der Waals surface area (Å²) in [5.41, 5.74) is 0.781. The number of aromatic nitrogens is 1. The van der Waals surface area contributed by atoms with Gasteiger partial charge in [-0.05, 0) is 37.8 Å². The summed E-state index contributed by atoms with van der Waals surface area (Å²) in [6, 6.07) is 4.66. The fraction of sp³-hybridized carbons (Fsp3) is 0.636. The average Bonchev–Trinajstić information content (AvgIpc) is 3.03. The second-order valence-electron chi connectivity index (χ2n) is 8.81. The molecule has 1 saturated carbocycles. The Bertz CT molecular complexity index is 1100. The quantitative estimate of drug-likeness (QED) is 0.773. The Morgan fingerprint density at radius 1 is 1.06 bits per heavy atom. The van der Waals surface area contributed by atoms with Crippen molar-refractivity contribution in [3.8, 4) is 0 Å². The zero-order chi connectivity index (χ0) is 22.0. The minimum absolute atomic E-state index is 0.0324. The number of hydrogen-bond acceptors (Lipinski definition) is 5. The molecule has 0 radical (unpaired) electrons. The highest BCUT2D eigenvalue weighted by Crippen LogP contribution is 2.26. The minimum atomic E-state index is -3.79. The predicted molar refractivity (Wildman–Crippen MR) is 117 cm³/mol. The molecule has 0 spiro atoms. The van der Waals surface area contributed by atoms with Crippen molar-refractivity contribution in [1.82, 2.24) is 14.2 Å². The van der Waals surface area contributed by atoms with Gasteiger partial charge in [0.25, 0.3) is 0 Å². The molecule has 1 aromatic carbocycles. The summed E-state index contributed by atoms with van der Waals surface area (Å²) in [6.07, 6.45) is 9.31. The highest BCUT2D eigenvalue weighted by molar-refractivity contribution is 7.89. The summed E-state index contributed by atoms with van der Waals surface area (Å²) < 4.78 is 34.3. The van der Waals surface area contributed by atoms with Crippen molar-refractivity contribution in [2.45, 2.75) is 68.7 Å². The first kappa shape index (κ1) is 22.1. The van der Waals surface area contributed by atoms with Gasteiger partial charge in [0.1, 0.15) is 0 Å². The number of aryl methyl sites for hydroxylation is 1. The van der Waals surface area contributed by atoms with Crippen molar-refractivity contribution in [3.05, 3.63) is 28.7 Å². The van der Waals surface area contributed by atoms with Gasteiger partial charge in [-0.15, -0.1) is 0 Å². The van der Waals surface area contributed by atoms with Crippen molar-refractivity contribution < 1.29 is 17.6 Å². The van der Waals surface area contributed by atoms with Crippen molar-refractivity contribution in [2.24, 2.45) is 13.0 Å². The van der Waals surface area contributed by atoms with Crippen molar-refractivity contribution in [3.63, 3.8) is 0 Å². The van der Waals surface area contributed by atoms with E-state index in [9.17, 15) is 18.0 Å². The van der Waals surface area contributed by atoms with Crippen molar-refractivity contribution in [2.75, 3.05) is 13.1 Å². The molecule has 9 heteroatoms. The van der Waals surface area contributed by atoms with Crippen LogP contribution in [0.3, 0.4) is 0 Å². The summed E-state index contributed by atoms with van der Waals surface area (Å²) >= 11 is 0. The van der Waals surface area contributed by atoms with Crippen molar-refractivity contribution in [1.29, 1.82) is 0 Å². The smallest absolute Gasteiger partial charge is 0.408 e. The van der Waals surface area contributed by atoms with Crippen LogP contribution in [0, 0.1) is 5.92 Å². The number of benzene rings is 1. The van der Waals surface area contributed by atoms with Gasteiger partial charge in [-0.3, -0.25) is 9.36 Å². The molecule has 1 aromatic heterocycles. The number of carbonyl (C=O) groups is 1. The lowest BCUT2D eigenvalue weighted by Gasteiger charge is -2.32. The van der Waals surface area contributed by atoms with E-state index < -0.39 is 15.8 Å². The molecule has 2 aliphatic rings. The van der Waals surface area contributed by atoms with Gasteiger partial charge in [-0.2, -0.15) is 4.31 Å². The highest BCUT2D eigenvalue weighted by atomic mass is 32.2. The van der Waals surface area contributed by atoms with Gasteiger partial charge in [-0.1, -0.05) is 32.1 Å². The number of carbonyl (C=O) groups excluding carboxylic acids is 1. The van der Waals surface area contributed by atoms with Gasteiger partial charge in [0, 0.05) is 32.2 Å². The topological polar surface area (TPSA) is 102 Å². The standard InChI is InChI=1S/C22H31N3O5S/c1-24-19-12-11-18(14-20(19)30-22(24)27)31(28,29)25-13-7-8-16(15-25)21(26)23-17-9-5-3-2-4-6-10-17/h11-12,14,16-17H,2-10,13,15H2,1H3,(H,23,26)/t16-/m0/s1. The molecule has 2 fully saturated rings. The van der Waals surface area contributed by atoms with Crippen LogP contribution in [0.25, 0.3) is 11.1 Å². The van der Waals surface area contributed by atoms with Crippen LogP contribution in [0.15, 0.2) is 32.3 Å². The molecule has 2 heterocycles. The summed E-state index contributed by atoms with van der Waals surface area (Å²) in [5, 5.41) is 3.19. The maximum atomic E-state index is 13.2. The lowest BCUT2D eigenvalue weighted by molar-refractivity contribution is -0.126. The van der Waals surface area contributed by atoms with E-state index in [1.54, 1.807) is 13.1 Å². The number of oxazole rings is 1. The van der Waals surface area contributed by atoms with E-state index in [1.807, 2.05) is 0 Å². The van der Waals surface area contributed by atoms with E-state index >= 15 is 0 Å². The summed E-state index contributed by atoms with van der Waals surface area (Å²) in [7, 11) is -2.21. The van der Waals surface area contributed by atoms with Crippen LogP contribution in [0.2, 0.25) is 0 Å². The van der Waals surface area contributed by atoms with Crippen LogP contribution >= 0.6 is 0 Å². The molecule has 1 N–H and O–H groups in total. The summed E-state index contributed by atoms with van der Waals surface area (Å²) in [5.74, 6) is -0.907. The SMILES string of the molecule is Cn1c(=O)oc2cc(S(=O)(=O)N3CCC[C@H](C(=O)NC4CCCCCCC4)C3)ccc21. The van der Waals surface area contributed by atoms with E-state index in [-0.39, 0.29) is 34.9 Å². The van der Waals surface area contributed by atoms with E-state index in [2.05, 4.69) is 5.32 Å². The molecule has 1 saturated heterocycles. The monoisotopic (exact) mass is 449 g/mol.